The van der Waals surface area contributed by atoms with E-state index in [1.807, 2.05) is 0 Å². The molecule has 7 heteroatoms. The Morgan fingerprint density at radius 3 is 2.22 bits per heavy atom. The Morgan fingerprint density at radius 2 is 1.56 bits per heavy atom. The van der Waals surface area contributed by atoms with Crippen molar-refractivity contribution in [1.82, 2.24) is 0 Å². The summed E-state index contributed by atoms with van der Waals surface area (Å²) in [5, 5.41) is 0. The molecule has 7 nitrogen and oxygen atoms in total. The number of hydrogen-bond donors (Lipinski definition) is 0. The highest BCUT2D eigenvalue weighted by Crippen LogP contribution is 2.37. The summed E-state index contributed by atoms with van der Waals surface area (Å²) in [5.74, 6) is 7.05. The zero-order valence-electron chi connectivity index (χ0n) is 15.0. The number of esters is 2. The fourth-order valence-electron chi connectivity index (χ4n) is 2.40. The maximum absolute atomic E-state index is 11.4. The smallest absolute Gasteiger partial charge is 0.308 e. The van der Waals surface area contributed by atoms with Crippen molar-refractivity contribution in [3.05, 3.63) is 41.5 Å². The summed E-state index contributed by atoms with van der Waals surface area (Å²) in [6.07, 6.45) is 0. The van der Waals surface area contributed by atoms with Gasteiger partial charge in [0.1, 0.15) is 17.2 Å². The maximum Gasteiger partial charge on any atom is 0.308 e. The zero-order chi connectivity index (χ0) is 19.4. The van der Waals surface area contributed by atoms with Crippen LogP contribution >= 0.6 is 0 Å². The molecule has 0 amide bonds. The van der Waals surface area contributed by atoms with Crippen LogP contribution in [0.3, 0.4) is 0 Å². The van der Waals surface area contributed by atoms with Crippen molar-refractivity contribution < 1.29 is 33.3 Å². The van der Waals surface area contributed by atoms with Gasteiger partial charge in [0.05, 0.1) is 18.2 Å². The van der Waals surface area contributed by atoms with Gasteiger partial charge in [0.15, 0.2) is 11.5 Å². The van der Waals surface area contributed by atoms with Crippen LogP contribution in [-0.4, -0.2) is 25.8 Å². The minimum Gasteiger partial charge on any atom is -0.495 e. The lowest BCUT2D eigenvalue weighted by molar-refractivity contribution is -0.132. The molecule has 0 fully saturated rings. The van der Waals surface area contributed by atoms with Gasteiger partial charge >= 0.3 is 11.9 Å². The third kappa shape index (κ3) is 4.30. The number of carbonyl (C=O) groups excluding carboxylic acids is 2. The number of benzene rings is 2. The molecule has 27 heavy (non-hydrogen) atoms. The lowest BCUT2D eigenvalue weighted by Gasteiger charge is -2.08. The van der Waals surface area contributed by atoms with Gasteiger partial charge in [-0.05, 0) is 12.1 Å². The quantitative estimate of drug-likeness (QED) is 0.468. The van der Waals surface area contributed by atoms with Gasteiger partial charge in [-0.25, -0.2) is 0 Å². The van der Waals surface area contributed by atoms with Crippen LogP contribution in [0.2, 0.25) is 0 Å². The third-order valence-corrected chi connectivity index (χ3v) is 3.49. The van der Waals surface area contributed by atoms with Gasteiger partial charge in [-0.1, -0.05) is 11.8 Å². The summed E-state index contributed by atoms with van der Waals surface area (Å²) in [6.45, 7) is 2.70. The molecule has 1 heterocycles. The van der Waals surface area contributed by atoms with Crippen molar-refractivity contribution in [2.45, 2.75) is 13.8 Å². The molecular weight excluding hydrogens is 352 g/mol. The largest absolute Gasteiger partial charge is 0.495 e. The van der Waals surface area contributed by atoms with E-state index in [0.29, 0.717) is 28.4 Å². The van der Waals surface area contributed by atoms with Crippen LogP contribution in [0.15, 0.2) is 30.3 Å². The maximum atomic E-state index is 11.4. The van der Waals surface area contributed by atoms with E-state index in [0.717, 1.165) is 0 Å². The minimum atomic E-state index is -0.515. The predicted octanol–water partition coefficient (Wildman–Crippen LogP) is 2.67. The highest BCUT2D eigenvalue weighted by Gasteiger charge is 2.17. The van der Waals surface area contributed by atoms with E-state index in [1.165, 1.54) is 27.0 Å². The number of rotatable bonds is 3. The van der Waals surface area contributed by atoms with Crippen LogP contribution < -0.4 is 23.7 Å². The standard InChI is InChI=1S/C20H16O7/c1-12(21)26-16-7-6-14(18(9-16)27-13(2)22)4-5-15-8-19-20(25-11-24-19)10-17(15)23-3/h6-10H,11H2,1-3H3. The van der Waals surface area contributed by atoms with Crippen molar-refractivity contribution in [3.63, 3.8) is 0 Å². The second-order valence-corrected chi connectivity index (χ2v) is 5.50. The van der Waals surface area contributed by atoms with E-state index in [-0.39, 0.29) is 18.3 Å². The Morgan fingerprint density at radius 1 is 0.889 bits per heavy atom. The topological polar surface area (TPSA) is 80.3 Å². The number of hydrogen-bond acceptors (Lipinski definition) is 7. The van der Waals surface area contributed by atoms with E-state index in [4.69, 9.17) is 23.7 Å². The Hall–Kier alpha value is -3.66. The van der Waals surface area contributed by atoms with Crippen LogP contribution in [-0.2, 0) is 9.59 Å². The lowest BCUT2D eigenvalue weighted by atomic mass is 10.1. The lowest BCUT2D eigenvalue weighted by Crippen LogP contribution is -2.05. The molecule has 0 unspecified atom stereocenters. The Balaban J connectivity index is 1.98. The van der Waals surface area contributed by atoms with E-state index in [2.05, 4.69) is 11.8 Å². The van der Waals surface area contributed by atoms with E-state index in [1.54, 1.807) is 24.3 Å². The van der Waals surface area contributed by atoms with Crippen molar-refractivity contribution in [1.29, 1.82) is 0 Å². The number of carbonyl (C=O) groups is 2. The van der Waals surface area contributed by atoms with E-state index >= 15 is 0 Å². The first-order valence-electron chi connectivity index (χ1n) is 7.97. The molecular formula is C20H16O7. The third-order valence-electron chi connectivity index (χ3n) is 3.49. The number of fused-ring (bicyclic) bond motifs is 1. The van der Waals surface area contributed by atoms with E-state index < -0.39 is 11.9 Å². The number of methoxy groups -OCH3 is 1. The van der Waals surface area contributed by atoms with Crippen LogP contribution in [0.5, 0.6) is 28.7 Å². The van der Waals surface area contributed by atoms with Gasteiger partial charge in [0, 0.05) is 32.0 Å². The summed E-state index contributed by atoms with van der Waals surface area (Å²) in [4.78, 5) is 22.5. The highest BCUT2D eigenvalue weighted by atomic mass is 16.7. The summed E-state index contributed by atoms with van der Waals surface area (Å²) >= 11 is 0. The highest BCUT2D eigenvalue weighted by molar-refractivity contribution is 5.72. The summed E-state index contributed by atoms with van der Waals surface area (Å²) < 4.78 is 26.2. The van der Waals surface area contributed by atoms with Gasteiger partial charge in [0.25, 0.3) is 0 Å². The predicted molar refractivity (Wildman–Crippen MR) is 94.2 cm³/mol. The van der Waals surface area contributed by atoms with Crippen molar-refractivity contribution >= 4 is 11.9 Å². The molecule has 1 aliphatic rings. The monoisotopic (exact) mass is 368 g/mol. The average molecular weight is 368 g/mol. The van der Waals surface area contributed by atoms with Gasteiger partial charge in [-0.3, -0.25) is 9.59 Å². The van der Waals surface area contributed by atoms with Crippen molar-refractivity contribution in [2.75, 3.05) is 13.9 Å². The normalized spacial score (nSPS) is 11.2. The number of ether oxygens (including phenoxy) is 5. The summed E-state index contributed by atoms with van der Waals surface area (Å²) in [6, 6.07) is 8.01. The molecule has 0 atom stereocenters. The zero-order valence-corrected chi connectivity index (χ0v) is 15.0. The summed E-state index contributed by atoms with van der Waals surface area (Å²) in [7, 11) is 1.53. The van der Waals surface area contributed by atoms with E-state index in [9.17, 15) is 9.59 Å². The molecule has 0 aliphatic carbocycles. The van der Waals surface area contributed by atoms with Crippen LogP contribution in [0, 0.1) is 11.8 Å². The fraction of sp³-hybridized carbons (Fsp3) is 0.200. The minimum absolute atomic E-state index is 0.142. The van der Waals surface area contributed by atoms with Gasteiger partial charge in [-0.15, -0.1) is 0 Å². The van der Waals surface area contributed by atoms with Crippen LogP contribution in [0.4, 0.5) is 0 Å². The van der Waals surface area contributed by atoms with Crippen molar-refractivity contribution in [2.24, 2.45) is 0 Å². The fourth-order valence-corrected chi connectivity index (χ4v) is 2.40. The van der Waals surface area contributed by atoms with Crippen molar-refractivity contribution in [3.8, 4) is 40.6 Å². The summed E-state index contributed by atoms with van der Waals surface area (Å²) in [5.41, 5.74) is 1.03. The second-order valence-electron chi connectivity index (χ2n) is 5.50. The Labute approximate surface area is 155 Å². The van der Waals surface area contributed by atoms with Gasteiger partial charge < -0.3 is 23.7 Å². The molecule has 138 valence electrons. The average Bonchev–Trinajstić information content (AvgIpc) is 3.06. The van der Waals surface area contributed by atoms with Gasteiger partial charge in [-0.2, -0.15) is 0 Å². The molecule has 0 spiro atoms. The van der Waals surface area contributed by atoms with Crippen LogP contribution in [0.25, 0.3) is 0 Å². The molecule has 0 N–H and O–H groups in total. The first-order chi connectivity index (χ1) is 13.0. The molecule has 1 aliphatic heterocycles. The molecule has 0 saturated carbocycles. The molecule has 0 saturated heterocycles. The van der Waals surface area contributed by atoms with Crippen LogP contribution in [0.1, 0.15) is 25.0 Å². The van der Waals surface area contributed by atoms with Gasteiger partial charge in [0.2, 0.25) is 6.79 Å². The molecule has 0 bridgehead atoms. The second kappa shape index (κ2) is 7.70. The molecule has 2 aromatic carbocycles. The first-order valence-corrected chi connectivity index (χ1v) is 7.97. The molecule has 0 aromatic heterocycles. The Kier molecular flexibility index (Phi) is 5.18. The Bertz CT molecular complexity index is 966. The SMILES string of the molecule is COc1cc2c(cc1C#Cc1ccc(OC(C)=O)cc1OC(C)=O)OCO2. The first kappa shape index (κ1) is 18.1. The molecule has 3 rings (SSSR count). The molecule has 2 aromatic rings. The molecule has 0 radical (unpaired) electrons.